The molecule has 2 aromatic heterocycles. The Hall–Kier alpha value is -2.58. The number of hydrogen-bond acceptors (Lipinski definition) is 6. The van der Waals surface area contributed by atoms with Crippen molar-refractivity contribution >= 4 is 44.4 Å². The third-order valence-corrected chi connectivity index (χ3v) is 8.24. The third-order valence-electron chi connectivity index (χ3n) is 6.49. The number of furan rings is 1. The van der Waals surface area contributed by atoms with E-state index in [-0.39, 0.29) is 11.3 Å². The van der Waals surface area contributed by atoms with Crippen LogP contribution in [0.3, 0.4) is 0 Å². The number of halogens is 1. The molecule has 1 aromatic carbocycles. The molecule has 0 unspecified atom stereocenters. The van der Waals surface area contributed by atoms with Crippen molar-refractivity contribution in [3.63, 3.8) is 0 Å². The van der Waals surface area contributed by atoms with Crippen LogP contribution in [-0.4, -0.2) is 26.3 Å². The number of thiophene rings is 1. The Balaban J connectivity index is 1.68. The van der Waals surface area contributed by atoms with Crippen molar-refractivity contribution in [3.05, 3.63) is 62.3 Å². The van der Waals surface area contributed by atoms with E-state index in [2.05, 4.69) is 42.0 Å². The van der Waals surface area contributed by atoms with E-state index in [0.717, 1.165) is 45.6 Å². The van der Waals surface area contributed by atoms with Crippen molar-refractivity contribution in [2.75, 3.05) is 14.2 Å². The lowest BCUT2D eigenvalue weighted by Crippen LogP contribution is -2.28. The molecule has 0 aliphatic heterocycles. The molecule has 0 fully saturated rings. The van der Waals surface area contributed by atoms with Gasteiger partial charge in [-0.2, -0.15) is 0 Å². The summed E-state index contributed by atoms with van der Waals surface area (Å²) in [6.45, 7) is 7.22. The summed E-state index contributed by atoms with van der Waals surface area (Å²) in [5.41, 5.74) is 2.88. The molecular weight excluding hydrogens is 528 g/mol. The van der Waals surface area contributed by atoms with Crippen LogP contribution in [0.25, 0.3) is 0 Å². The fourth-order valence-electron chi connectivity index (χ4n) is 4.45. The number of ether oxygens (including phenoxy) is 2. The number of carbonyl (C=O) groups excluding carboxylic acids is 1. The first-order valence-corrected chi connectivity index (χ1v) is 13.2. The van der Waals surface area contributed by atoms with E-state index >= 15 is 0 Å². The molecule has 0 radical (unpaired) electrons. The number of rotatable bonds is 7. The summed E-state index contributed by atoms with van der Waals surface area (Å²) in [5, 5.41) is 3.75. The number of methoxy groups -OCH3 is 2. The Bertz CT molecular complexity index is 1230. The van der Waals surface area contributed by atoms with Crippen molar-refractivity contribution in [2.24, 2.45) is 16.3 Å². The van der Waals surface area contributed by atoms with E-state index in [9.17, 15) is 4.79 Å². The number of nitrogens with one attached hydrogen (secondary N) is 1. The Labute approximate surface area is 218 Å². The van der Waals surface area contributed by atoms with Crippen LogP contribution < -0.4 is 14.8 Å². The maximum absolute atomic E-state index is 13.4. The fourth-order valence-corrected chi connectivity index (χ4v) is 6.34. The van der Waals surface area contributed by atoms with Crippen molar-refractivity contribution in [1.29, 1.82) is 0 Å². The molecule has 6 nitrogen and oxygen atoms in total. The van der Waals surface area contributed by atoms with Gasteiger partial charge in [0.25, 0.3) is 5.91 Å². The SMILES string of the molecule is COc1cc(C=Nc2sc3c(c2C(=O)NCc2ccco2)CC[C@H](C(C)(C)C)C3)cc(Br)c1OC. The first-order valence-electron chi connectivity index (χ1n) is 11.6. The third kappa shape index (κ3) is 5.64. The molecule has 4 rings (SSSR count). The highest BCUT2D eigenvalue weighted by molar-refractivity contribution is 9.10. The van der Waals surface area contributed by atoms with Crippen molar-refractivity contribution in [3.8, 4) is 11.5 Å². The normalized spacial score (nSPS) is 15.8. The lowest BCUT2D eigenvalue weighted by atomic mass is 9.72. The predicted octanol–water partition coefficient (Wildman–Crippen LogP) is 6.95. The second-order valence-corrected chi connectivity index (χ2v) is 11.7. The van der Waals surface area contributed by atoms with Gasteiger partial charge in [0.15, 0.2) is 11.5 Å². The van der Waals surface area contributed by atoms with Gasteiger partial charge < -0.3 is 19.2 Å². The van der Waals surface area contributed by atoms with Crippen molar-refractivity contribution in [2.45, 2.75) is 46.6 Å². The number of fused-ring (bicyclic) bond motifs is 1. The Morgan fingerprint density at radius 1 is 1.31 bits per heavy atom. The molecule has 3 aromatic rings. The zero-order valence-corrected chi connectivity index (χ0v) is 23.1. The molecule has 0 saturated heterocycles. The Morgan fingerprint density at radius 3 is 2.77 bits per heavy atom. The van der Waals surface area contributed by atoms with Crippen LogP contribution in [0, 0.1) is 11.3 Å². The highest BCUT2D eigenvalue weighted by atomic mass is 79.9. The molecule has 1 atom stereocenters. The first-order chi connectivity index (χ1) is 16.7. The zero-order chi connectivity index (χ0) is 25.2. The van der Waals surface area contributed by atoms with E-state index < -0.39 is 0 Å². The number of amides is 1. The number of hydrogen-bond donors (Lipinski definition) is 1. The van der Waals surface area contributed by atoms with Crippen molar-refractivity contribution < 1.29 is 18.7 Å². The molecule has 1 amide bonds. The van der Waals surface area contributed by atoms with Crippen LogP contribution in [-0.2, 0) is 19.4 Å². The van der Waals surface area contributed by atoms with Gasteiger partial charge in [-0.3, -0.25) is 4.79 Å². The minimum Gasteiger partial charge on any atom is -0.493 e. The molecule has 8 heteroatoms. The van der Waals surface area contributed by atoms with Crippen LogP contribution in [0.15, 0.2) is 44.4 Å². The monoisotopic (exact) mass is 558 g/mol. The van der Waals surface area contributed by atoms with Crippen LogP contribution in [0.4, 0.5) is 5.00 Å². The standard InChI is InChI=1S/C27H31BrN2O4S/c1-27(2,3)17-8-9-19-22(13-17)35-26(23(19)25(31)29-15-18-7-6-10-34-18)30-14-16-11-20(28)24(33-5)21(12-16)32-4/h6-7,10-12,14,17H,8-9,13,15H2,1-5H3,(H,29,31)/t17-/m0/s1. The number of nitrogens with zero attached hydrogens (tertiary/aromatic N) is 1. The lowest BCUT2D eigenvalue weighted by Gasteiger charge is -2.33. The molecule has 2 heterocycles. The summed E-state index contributed by atoms with van der Waals surface area (Å²) in [5.74, 6) is 2.41. The molecule has 35 heavy (non-hydrogen) atoms. The van der Waals surface area contributed by atoms with E-state index in [1.54, 1.807) is 38.0 Å². The average Bonchev–Trinajstić information content (AvgIpc) is 3.47. The summed E-state index contributed by atoms with van der Waals surface area (Å²) in [4.78, 5) is 19.4. The van der Waals surface area contributed by atoms with E-state index in [4.69, 9.17) is 18.9 Å². The largest absolute Gasteiger partial charge is 0.493 e. The second kappa shape index (κ2) is 10.6. The van der Waals surface area contributed by atoms with Crippen LogP contribution in [0.2, 0.25) is 0 Å². The molecule has 1 aliphatic rings. The highest BCUT2D eigenvalue weighted by Gasteiger charge is 2.33. The molecule has 1 N–H and O–H groups in total. The summed E-state index contributed by atoms with van der Waals surface area (Å²) < 4.78 is 17.0. The number of carbonyl (C=O) groups is 1. The maximum Gasteiger partial charge on any atom is 0.255 e. The fraction of sp³-hybridized carbons (Fsp3) is 0.407. The van der Waals surface area contributed by atoms with Gasteiger partial charge in [-0.05, 0) is 81.9 Å². The smallest absolute Gasteiger partial charge is 0.255 e. The molecule has 0 bridgehead atoms. The predicted molar refractivity (Wildman–Crippen MR) is 144 cm³/mol. The average molecular weight is 560 g/mol. The first kappa shape index (κ1) is 25.5. The van der Waals surface area contributed by atoms with Gasteiger partial charge in [0.2, 0.25) is 0 Å². The van der Waals surface area contributed by atoms with Gasteiger partial charge >= 0.3 is 0 Å². The van der Waals surface area contributed by atoms with E-state index in [1.807, 2.05) is 24.3 Å². The minimum atomic E-state index is -0.117. The lowest BCUT2D eigenvalue weighted by molar-refractivity contribution is 0.0947. The Kier molecular flexibility index (Phi) is 7.71. The maximum atomic E-state index is 13.4. The second-order valence-electron chi connectivity index (χ2n) is 9.75. The van der Waals surface area contributed by atoms with E-state index in [1.165, 1.54) is 4.88 Å². The summed E-state index contributed by atoms with van der Waals surface area (Å²) in [6.07, 6.45) is 6.30. The van der Waals surface area contributed by atoms with Gasteiger partial charge in [0.05, 0.1) is 37.1 Å². The van der Waals surface area contributed by atoms with Gasteiger partial charge in [-0.25, -0.2) is 4.99 Å². The van der Waals surface area contributed by atoms with Crippen molar-refractivity contribution in [1.82, 2.24) is 5.32 Å². The molecular formula is C27H31BrN2O4S. The van der Waals surface area contributed by atoms with E-state index in [0.29, 0.717) is 29.5 Å². The zero-order valence-electron chi connectivity index (χ0n) is 20.7. The minimum absolute atomic E-state index is 0.117. The summed E-state index contributed by atoms with van der Waals surface area (Å²) >= 11 is 5.16. The summed E-state index contributed by atoms with van der Waals surface area (Å²) in [7, 11) is 3.21. The number of aliphatic imine (C=N–C) groups is 1. The topological polar surface area (TPSA) is 73.1 Å². The summed E-state index contributed by atoms with van der Waals surface area (Å²) in [6, 6.07) is 7.46. The van der Waals surface area contributed by atoms with Crippen LogP contribution in [0.5, 0.6) is 11.5 Å². The van der Waals surface area contributed by atoms with Gasteiger partial charge in [0.1, 0.15) is 10.8 Å². The van der Waals surface area contributed by atoms with Crippen LogP contribution in [0.1, 0.15) is 59.3 Å². The molecule has 0 spiro atoms. The Morgan fingerprint density at radius 2 is 2.11 bits per heavy atom. The van der Waals surface area contributed by atoms with Gasteiger partial charge in [-0.1, -0.05) is 20.8 Å². The number of benzene rings is 1. The molecule has 186 valence electrons. The highest BCUT2D eigenvalue weighted by Crippen LogP contribution is 2.45. The molecule has 0 saturated carbocycles. The van der Waals surface area contributed by atoms with Gasteiger partial charge in [-0.15, -0.1) is 11.3 Å². The van der Waals surface area contributed by atoms with Crippen LogP contribution >= 0.6 is 27.3 Å². The molecule has 1 aliphatic carbocycles. The van der Waals surface area contributed by atoms with Gasteiger partial charge in [0, 0.05) is 11.1 Å². The quantitative estimate of drug-likeness (QED) is 0.318.